The lowest BCUT2D eigenvalue weighted by Crippen LogP contribution is -2.23. The molecule has 0 amide bonds. The average molecular weight is 429 g/mol. The quantitative estimate of drug-likeness (QED) is 0.369. The predicted octanol–water partition coefficient (Wildman–Crippen LogP) is 3.04. The van der Waals surface area contributed by atoms with Crippen molar-refractivity contribution in [2.75, 3.05) is 0 Å². The van der Waals surface area contributed by atoms with E-state index in [-0.39, 0.29) is 11.2 Å². The normalized spacial score (nSPS) is 12.0. The maximum Gasteiger partial charge on any atom is 0.291 e. The number of nitro groups is 1. The number of non-ortho nitro benzene ring substituents is 1. The molecule has 0 aliphatic rings. The van der Waals surface area contributed by atoms with Gasteiger partial charge < -0.3 is 0 Å². The van der Waals surface area contributed by atoms with E-state index in [0.29, 0.717) is 20.9 Å². The van der Waals surface area contributed by atoms with Gasteiger partial charge in [0.05, 0.1) is 9.46 Å². The van der Waals surface area contributed by atoms with Gasteiger partial charge in [-0.15, -0.1) is 5.10 Å². The third-order valence-electron chi connectivity index (χ3n) is 3.69. The standard InChI is InChI=1S/C17H9BrN4O3S/c18-12-5-3-11(4-6-12)15-19-17-21(20-15)16(23)14(26-17)9-10-1-7-13(8-2-10)22(24)25/h1-9H/b14-9-. The second kappa shape index (κ2) is 6.43. The third-order valence-corrected chi connectivity index (χ3v) is 5.17. The summed E-state index contributed by atoms with van der Waals surface area (Å²) in [7, 11) is 0. The van der Waals surface area contributed by atoms with Gasteiger partial charge in [0.1, 0.15) is 0 Å². The van der Waals surface area contributed by atoms with Crippen LogP contribution >= 0.6 is 27.3 Å². The largest absolute Gasteiger partial charge is 0.291 e. The van der Waals surface area contributed by atoms with Crippen LogP contribution in [0.5, 0.6) is 0 Å². The summed E-state index contributed by atoms with van der Waals surface area (Å²) in [6, 6.07) is 13.5. The molecule has 0 fully saturated rings. The molecule has 7 nitrogen and oxygen atoms in total. The highest BCUT2D eigenvalue weighted by molar-refractivity contribution is 9.10. The number of aromatic nitrogens is 3. The maximum absolute atomic E-state index is 12.5. The summed E-state index contributed by atoms with van der Waals surface area (Å²) in [4.78, 5) is 27.7. The van der Waals surface area contributed by atoms with Crippen LogP contribution in [-0.4, -0.2) is 19.5 Å². The highest BCUT2D eigenvalue weighted by Gasteiger charge is 2.12. The number of hydrogen-bond acceptors (Lipinski definition) is 6. The van der Waals surface area contributed by atoms with Crippen molar-refractivity contribution in [2.45, 2.75) is 0 Å². The SMILES string of the molecule is O=c1/c(=C/c2ccc([N+](=O)[O-])cc2)sc2nc(-c3ccc(Br)cc3)nn12. The Bertz CT molecular complexity index is 1230. The van der Waals surface area contributed by atoms with Crippen molar-refractivity contribution in [1.29, 1.82) is 0 Å². The van der Waals surface area contributed by atoms with Gasteiger partial charge in [-0.25, -0.2) is 0 Å². The average Bonchev–Trinajstić information content (AvgIpc) is 3.16. The van der Waals surface area contributed by atoms with Crippen LogP contribution in [0.15, 0.2) is 57.8 Å². The first kappa shape index (κ1) is 16.6. The molecule has 128 valence electrons. The van der Waals surface area contributed by atoms with Crippen molar-refractivity contribution >= 4 is 44.0 Å². The van der Waals surface area contributed by atoms with E-state index in [1.807, 2.05) is 24.3 Å². The number of rotatable bonds is 3. The summed E-state index contributed by atoms with van der Waals surface area (Å²) in [6.07, 6.45) is 1.67. The molecule has 0 unspecified atom stereocenters. The molecule has 4 rings (SSSR count). The zero-order chi connectivity index (χ0) is 18.3. The van der Waals surface area contributed by atoms with Crippen molar-refractivity contribution in [3.63, 3.8) is 0 Å². The Morgan fingerprint density at radius 2 is 1.81 bits per heavy atom. The fourth-order valence-corrected chi connectivity index (χ4v) is 3.57. The molecular formula is C17H9BrN4O3S. The van der Waals surface area contributed by atoms with Gasteiger partial charge in [0.15, 0.2) is 5.82 Å². The number of thiazole rings is 1. The minimum Gasteiger partial charge on any atom is -0.266 e. The number of fused-ring (bicyclic) bond motifs is 1. The lowest BCUT2D eigenvalue weighted by Gasteiger charge is -1.94. The zero-order valence-corrected chi connectivity index (χ0v) is 15.4. The molecule has 0 saturated heterocycles. The first-order chi connectivity index (χ1) is 12.5. The molecule has 0 atom stereocenters. The molecule has 0 radical (unpaired) electrons. The molecule has 26 heavy (non-hydrogen) atoms. The first-order valence-corrected chi connectivity index (χ1v) is 9.04. The van der Waals surface area contributed by atoms with Crippen LogP contribution in [0.4, 0.5) is 5.69 Å². The van der Waals surface area contributed by atoms with Crippen molar-refractivity contribution in [3.8, 4) is 11.4 Å². The van der Waals surface area contributed by atoms with E-state index in [1.165, 1.54) is 28.0 Å². The van der Waals surface area contributed by atoms with Gasteiger partial charge in [0.25, 0.3) is 11.2 Å². The van der Waals surface area contributed by atoms with Crippen LogP contribution in [0.2, 0.25) is 0 Å². The molecule has 0 aliphatic carbocycles. The van der Waals surface area contributed by atoms with Gasteiger partial charge in [-0.3, -0.25) is 14.9 Å². The molecule has 0 bridgehead atoms. The smallest absolute Gasteiger partial charge is 0.266 e. The van der Waals surface area contributed by atoms with E-state index < -0.39 is 4.92 Å². The summed E-state index contributed by atoms with van der Waals surface area (Å²) in [5, 5.41) is 15.0. The monoisotopic (exact) mass is 428 g/mol. The molecular weight excluding hydrogens is 420 g/mol. The minimum absolute atomic E-state index is 0.00582. The van der Waals surface area contributed by atoms with Gasteiger partial charge in [0.2, 0.25) is 4.96 Å². The Morgan fingerprint density at radius 1 is 1.12 bits per heavy atom. The predicted molar refractivity (Wildman–Crippen MR) is 102 cm³/mol. The number of benzene rings is 2. The summed E-state index contributed by atoms with van der Waals surface area (Å²) in [5.74, 6) is 0.489. The fraction of sp³-hybridized carbons (Fsp3) is 0. The van der Waals surface area contributed by atoms with Crippen LogP contribution in [0, 0.1) is 10.1 Å². The van der Waals surface area contributed by atoms with Crippen molar-refractivity contribution in [1.82, 2.24) is 14.6 Å². The molecule has 4 aromatic rings. The Kier molecular flexibility index (Phi) is 4.09. The second-order valence-electron chi connectivity index (χ2n) is 5.40. The molecule has 0 N–H and O–H groups in total. The zero-order valence-electron chi connectivity index (χ0n) is 13.0. The summed E-state index contributed by atoms with van der Waals surface area (Å²) in [6.45, 7) is 0. The Hall–Kier alpha value is -2.91. The number of nitro benzene ring substituents is 1. The van der Waals surface area contributed by atoms with Crippen molar-refractivity contribution in [2.24, 2.45) is 0 Å². The van der Waals surface area contributed by atoms with E-state index in [0.717, 1.165) is 10.0 Å². The highest BCUT2D eigenvalue weighted by Crippen LogP contribution is 2.19. The van der Waals surface area contributed by atoms with Crippen molar-refractivity contribution < 1.29 is 4.92 Å². The molecule has 2 aromatic heterocycles. The third kappa shape index (κ3) is 3.02. The van der Waals surface area contributed by atoms with E-state index in [4.69, 9.17) is 0 Å². The van der Waals surface area contributed by atoms with Gasteiger partial charge in [-0.2, -0.15) is 9.50 Å². The summed E-state index contributed by atoms with van der Waals surface area (Å²) < 4.78 is 2.70. The van der Waals surface area contributed by atoms with E-state index in [9.17, 15) is 14.9 Å². The van der Waals surface area contributed by atoms with Crippen LogP contribution in [0.25, 0.3) is 22.4 Å². The fourth-order valence-electron chi connectivity index (χ4n) is 2.40. The van der Waals surface area contributed by atoms with Gasteiger partial charge in [0, 0.05) is 22.2 Å². The highest BCUT2D eigenvalue weighted by atomic mass is 79.9. The van der Waals surface area contributed by atoms with Gasteiger partial charge in [-0.05, 0) is 35.9 Å². The molecule has 2 heterocycles. The van der Waals surface area contributed by atoms with Gasteiger partial charge >= 0.3 is 0 Å². The van der Waals surface area contributed by atoms with Crippen molar-refractivity contribution in [3.05, 3.63) is 83.6 Å². The Balaban J connectivity index is 1.74. The topological polar surface area (TPSA) is 90.4 Å². The first-order valence-electron chi connectivity index (χ1n) is 7.43. The summed E-state index contributed by atoms with van der Waals surface area (Å²) >= 11 is 4.60. The molecule has 0 saturated carbocycles. The van der Waals surface area contributed by atoms with Crippen LogP contribution in [-0.2, 0) is 0 Å². The molecule has 9 heteroatoms. The van der Waals surface area contributed by atoms with E-state index >= 15 is 0 Å². The number of halogens is 1. The second-order valence-corrected chi connectivity index (χ2v) is 7.33. The number of nitrogens with zero attached hydrogens (tertiary/aromatic N) is 4. The summed E-state index contributed by atoms with van der Waals surface area (Å²) in [5.41, 5.74) is 1.26. The van der Waals surface area contributed by atoms with Gasteiger partial charge in [-0.1, -0.05) is 39.4 Å². The number of hydrogen-bond donors (Lipinski definition) is 0. The maximum atomic E-state index is 12.5. The van der Waals surface area contributed by atoms with Crippen LogP contribution in [0.3, 0.4) is 0 Å². The Morgan fingerprint density at radius 3 is 2.42 bits per heavy atom. The lowest BCUT2D eigenvalue weighted by atomic mass is 10.2. The van der Waals surface area contributed by atoms with E-state index in [1.54, 1.807) is 18.2 Å². The van der Waals surface area contributed by atoms with E-state index in [2.05, 4.69) is 26.0 Å². The van der Waals surface area contributed by atoms with Crippen LogP contribution in [0.1, 0.15) is 5.56 Å². The molecule has 0 aliphatic heterocycles. The minimum atomic E-state index is -0.463. The Labute approximate surface area is 158 Å². The van der Waals surface area contributed by atoms with Crippen LogP contribution < -0.4 is 10.1 Å². The molecule has 2 aromatic carbocycles. The lowest BCUT2D eigenvalue weighted by molar-refractivity contribution is -0.384. The molecule has 0 spiro atoms.